The number of hydrogen-bond donors (Lipinski definition) is 1. The van der Waals surface area contributed by atoms with Gasteiger partial charge in [-0.05, 0) is 17.7 Å². The third kappa shape index (κ3) is 5.71. The van der Waals surface area contributed by atoms with Crippen molar-refractivity contribution < 1.29 is 14.3 Å². The maximum Gasteiger partial charge on any atom is 0.252 e. The first-order valence-electron chi connectivity index (χ1n) is 8.28. The highest BCUT2D eigenvalue weighted by atomic mass is 16.5. The molecule has 1 heterocycles. The van der Waals surface area contributed by atoms with Gasteiger partial charge in [0.2, 0.25) is 5.95 Å². The lowest BCUT2D eigenvalue weighted by Crippen LogP contribution is -2.21. The summed E-state index contributed by atoms with van der Waals surface area (Å²) >= 11 is 0. The predicted molar refractivity (Wildman–Crippen MR) is 97.0 cm³/mol. The second-order valence-corrected chi connectivity index (χ2v) is 5.51. The van der Waals surface area contributed by atoms with Crippen LogP contribution in [0.5, 0.6) is 5.75 Å². The van der Waals surface area contributed by atoms with Crippen molar-refractivity contribution in [3.05, 3.63) is 72.6 Å². The minimum Gasteiger partial charge on any atom is -0.491 e. The van der Waals surface area contributed by atoms with Crippen molar-refractivity contribution in [1.29, 1.82) is 0 Å². The van der Waals surface area contributed by atoms with Gasteiger partial charge in [0.25, 0.3) is 5.91 Å². The lowest BCUT2D eigenvalue weighted by atomic mass is 10.2. The number of amides is 1. The summed E-state index contributed by atoms with van der Waals surface area (Å²) in [6.07, 6.45) is 1.58. The third-order valence-corrected chi connectivity index (χ3v) is 3.45. The Bertz CT molecular complexity index is 806. The van der Waals surface area contributed by atoms with Gasteiger partial charge in [-0.3, -0.25) is 10.1 Å². The molecule has 3 rings (SSSR count). The quantitative estimate of drug-likeness (QED) is 0.598. The minimum absolute atomic E-state index is 0.0780. The van der Waals surface area contributed by atoms with Crippen molar-refractivity contribution in [2.24, 2.45) is 0 Å². The van der Waals surface area contributed by atoms with E-state index in [9.17, 15) is 4.79 Å². The van der Waals surface area contributed by atoms with Gasteiger partial charge < -0.3 is 9.47 Å². The van der Waals surface area contributed by atoms with Gasteiger partial charge in [0, 0.05) is 0 Å². The number of benzene rings is 2. The number of anilines is 1. The number of ether oxygens (including phenoxy) is 2. The first-order chi connectivity index (χ1) is 12.8. The third-order valence-electron chi connectivity index (χ3n) is 3.45. The Morgan fingerprint density at radius 3 is 2.50 bits per heavy atom. The van der Waals surface area contributed by atoms with E-state index < -0.39 is 0 Å². The summed E-state index contributed by atoms with van der Waals surface area (Å²) in [7, 11) is 0. The molecule has 0 aliphatic rings. The lowest BCUT2D eigenvalue weighted by Gasteiger charge is -2.06. The van der Waals surface area contributed by atoms with Gasteiger partial charge in [-0.25, -0.2) is 9.67 Å². The average Bonchev–Trinajstić information content (AvgIpc) is 3.10. The van der Waals surface area contributed by atoms with E-state index in [1.807, 2.05) is 60.7 Å². The fraction of sp³-hybridized carbons (Fsp3) is 0.211. The molecule has 0 fully saturated rings. The smallest absolute Gasteiger partial charge is 0.252 e. The Morgan fingerprint density at radius 2 is 1.73 bits per heavy atom. The van der Waals surface area contributed by atoms with Gasteiger partial charge in [-0.15, -0.1) is 5.10 Å². The van der Waals surface area contributed by atoms with E-state index in [0.717, 1.165) is 11.3 Å². The van der Waals surface area contributed by atoms with Crippen molar-refractivity contribution in [3.63, 3.8) is 0 Å². The first-order valence-corrected chi connectivity index (χ1v) is 8.28. The highest BCUT2D eigenvalue weighted by Crippen LogP contribution is 2.07. The summed E-state index contributed by atoms with van der Waals surface area (Å²) in [4.78, 5) is 15.9. The normalized spacial score (nSPS) is 10.5. The van der Waals surface area contributed by atoms with Crippen molar-refractivity contribution in [3.8, 4) is 5.75 Å². The number of aromatic nitrogens is 3. The Hall–Kier alpha value is -3.19. The van der Waals surface area contributed by atoms with Crippen LogP contribution >= 0.6 is 0 Å². The molecule has 26 heavy (non-hydrogen) atoms. The Morgan fingerprint density at radius 1 is 1.00 bits per heavy atom. The Balaban J connectivity index is 1.34. The standard InChI is InChI=1S/C19H20N4O3/c24-18(14-25-11-12-26-17-9-5-2-6-10-17)21-19-20-15-23(22-19)13-16-7-3-1-4-8-16/h1-10,15H,11-14H2,(H,21,22,24). The van der Waals surface area contributed by atoms with Crippen LogP contribution in [0.3, 0.4) is 0 Å². The van der Waals surface area contributed by atoms with E-state index in [-0.39, 0.29) is 18.5 Å². The molecule has 0 spiro atoms. The molecule has 0 bridgehead atoms. The summed E-state index contributed by atoms with van der Waals surface area (Å²) in [5, 5.41) is 6.83. The van der Waals surface area contributed by atoms with E-state index in [1.54, 1.807) is 11.0 Å². The molecule has 7 heteroatoms. The van der Waals surface area contributed by atoms with E-state index >= 15 is 0 Å². The molecule has 7 nitrogen and oxygen atoms in total. The van der Waals surface area contributed by atoms with Crippen LogP contribution in [0.2, 0.25) is 0 Å². The maximum atomic E-state index is 11.8. The van der Waals surface area contributed by atoms with E-state index in [0.29, 0.717) is 19.8 Å². The number of hydrogen-bond acceptors (Lipinski definition) is 5. The van der Waals surface area contributed by atoms with Gasteiger partial charge >= 0.3 is 0 Å². The number of rotatable bonds is 9. The topological polar surface area (TPSA) is 78.3 Å². The molecular formula is C19H20N4O3. The molecule has 1 aromatic heterocycles. The van der Waals surface area contributed by atoms with Gasteiger partial charge in [0.15, 0.2) is 0 Å². The lowest BCUT2D eigenvalue weighted by molar-refractivity contribution is -0.120. The molecule has 0 unspecified atom stereocenters. The second kappa shape index (κ2) is 9.33. The first kappa shape index (κ1) is 17.6. The monoisotopic (exact) mass is 352 g/mol. The molecule has 1 amide bonds. The second-order valence-electron chi connectivity index (χ2n) is 5.51. The Kier molecular flexibility index (Phi) is 6.33. The van der Waals surface area contributed by atoms with Crippen molar-refractivity contribution in [2.75, 3.05) is 25.1 Å². The Labute approximate surface area is 151 Å². The number of nitrogens with zero attached hydrogens (tertiary/aromatic N) is 3. The zero-order chi connectivity index (χ0) is 18.0. The van der Waals surface area contributed by atoms with E-state index in [1.165, 1.54) is 0 Å². The number of nitrogens with one attached hydrogen (secondary N) is 1. The average molecular weight is 352 g/mol. The number of para-hydroxylation sites is 1. The minimum atomic E-state index is -0.304. The zero-order valence-electron chi connectivity index (χ0n) is 14.2. The van der Waals surface area contributed by atoms with Gasteiger partial charge in [0.1, 0.15) is 25.3 Å². The SMILES string of the molecule is O=C(COCCOc1ccccc1)Nc1ncn(Cc2ccccc2)n1. The van der Waals surface area contributed by atoms with Crippen molar-refractivity contribution in [2.45, 2.75) is 6.54 Å². The summed E-state index contributed by atoms with van der Waals surface area (Å²) in [5.41, 5.74) is 1.11. The molecule has 1 N–H and O–H groups in total. The summed E-state index contributed by atoms with van der Waals surface area (Å²) < 4.78 is 12.4. The van der Waals surface area contributed by atoms with Crippen molar-refractivity contribution >= 4 is 11.9 Å². The van der Waals surface area contributed by atoms with E-state index in [4.69, 9.17) is 9.47 Å². The molecule has 0 aliphatic heterocycles. The molecule has 134 valence electrons. The highest BCUT2D eigenvalue weighted by molar-refractivity contribution is 5.89. The van der Waals surface area contributed by atoms with Crippen LogP contribution in [0.1, 0.15) is 5.56 Å². The summed E-state index contributed by atoms with van der Waals surface area (Å²) in [5.74, 6) is 0.728. The van der Waals surface area contributed by atoms with Crippen LogP contribution in [-0.4, -0.2) is 40.5 Å². The van der Waals surface area contributed by atoms with Gasteiger partial charge in [-0.2, -0.15) is 0 Å². The van der Waals surface area contributed by atoms with Crippen LogP contribution in [0.4, 0.5) is 5.95 Å². The van der Waals surface area contributed by atoms with Gasteiger partial charge in [-0.1, -0.05) is 48.5 Å². The summed E-state index contributed by atoms with van der Waals surface area (Å²) in [6, 6.07) is 19.3. The molecular weight excluding hydrogens is 332 g/mol. The van der Waals surface area contributed by atoms with Crippen molar-refractivity contribution in [1.82, 2.24) is 14.8 Å². The van der Waals surface area contributed by atoms with Crippen LogP contribution < -0.4 is 10.1 Å². The highest BCUT2D eigenvalue weighted by Gasteiger charge is 2.07. The fourth-order valence-electron chi connectivity index (χ4n) is 2.26. The number of carbonyl (C=O) groups is 1. The van der Waals surface area contributed by atoms with Gasteiger partial charge in [0.05, 0.1) is 13.2 Å². The van der Waals surface area contributed by atoms with Crippen LogP contribution in [0.25, 0.3) is 0 Å². The van der Waals surface area contributed by atoms with E-state index in [2.05, 4.69) is 15.4 Å². The molecule has 3 aromatic rings. The van der Waals surface area contributed by atoms with Crippen LogP contribution in [0.15, 0.2) is 67.0 Å². The maximum absolute atomic E-state index is 11.8. The number of carbonyl (C=O) groups excluding carboxylic acids is 1. The molecule has 0 saturated heterocycles. The molecule has 0 saturated carbocycles. The predicted octanol–water partition coefficient (Wildman–Crippen LogP) is 2.36. The molecule has 2 aromatic carbocycles. The zero-order valence-corrected chi connectivity index (χ0v) is 14.2. The molecule has 0 atom stereocenters. The van der Waals surface area contributed by atoms with Crippen LogP contribution in [-0.2, 0) is 16.1 Å². The largest absolute Gasteiger partial charge is 0.491 e. The molecule has 0 radical (unpaired) electrons. The summed E-state index contributed by atoms with van der Waals surface area (Å²) in [6.45, 7) is 1.21. The van der Waals surface area contributed by atoms with Crippen LogP contribution in [0, 0.1) is 0 Å². The fourth-order valence-corrected chi connectivity index (χ4v) is 2.26. The molecule has 0 aliphatic carbocycles.